The van der Waals surface area contributed by atoms with Crippen LogP contribution in [0.2, 0.25) is 15.1 Å². The molecule has 6 N–H and O–H groups in total. The van der Waals surface area contributed by atoms with E-state index in [4.69, 9.17) is 50.5 Å². The van der Waals surface area contributed by atoms with Crippen LogP contribution in [-0.4, -0.2) is 52.1 Å². The predicted octanol–water partition coefficient (Wildman–Crippen LogP) is 6.07. The lowest BCUT2D eigenvalue weighted by atomic mass is 9.85. The maximum absolute atomic E-state index is 11.7. The molecule has 14 heteroatoms. The number of anilines is 3. The summed E-state index contributed by atoms with van der Waals surface area (Å²) in [5.41, 5.74) is 7.25. The number of amides is 1. The fourth-order valence-corrected chi connectivity index (χ4v) is 7.46. The summed E-state index contributed by atoms with van der Waals surface area (Å²) in [4.78, 5) is 25.7. The highest BCUT2D eigenvalue weighted by molar-refractivity contribution is 8.24. The lowest BCUT2D eigenvalue weighted by Gasteiger charge is -2.39. The number of fused-ring (bicyclic) bond motifs is 1. The Hall–Kier alpha value is -2.02. The Morgan fingerprint density at radius 3 is 2.30 bits per heavy atom. The number of aromatic nitrogens is 4. The van der Waals surface area contributed by atoms with Crippen LogP contribution in [0.3, 0.4) is 0 Å². The van der Waals surface area contributed by atoms with E-state index in [1.54, 1.807) is 18.3 Å². The quantitative estimate of drug-likeness (QED) is 0.233. The molecule has 1 aliphatic heterocycles. The first-order valence-corrected chi connectivity index (χ1v) is 15.1. The molecule has 0 radical (unpaired) electrons. The Morgan fingerprint density at radius 1 is 1.03 bits per heavy atom. The zero-order chi connectivity index (χ0) is 26.3. The molecular formula is C23H28Cl3N7O3S. The van der Waals surface area contributed by atoms with Gasteiger partial charge in [0.1, 0.15) is 5.52 Å². The Labute approximate surface area is 230 Å². The number of nitrogens with two attached hydrogens (primary N) is 1. The fraction of sp³-hybridized carbons (Fsp3) is 0.478. The predicted molar refractivity (Wildman–Crippen MR) is 149 cm³/mol. The summed E-state index contributed by atoms with van der Waals surface area (Å²) in [6.07, 6.45) is 5.70. The van der Waals surface area contributed by atoms with Crippen LogP contribution in [0.1, 0.15) is 44.6 Å². The zero-order valence-electron chi connectivity index (χ0n) is 19.8. The number of rotatable bonds is 6. The minimum Gasteiger partial charge on any atom is -0.369 e. The van der Waals surface area contributed by atoms with Crippen LogP contribution >= 0.6 is 45.4 Å². The molecule has 0 spiro atoms. The summed E-state index contributed by atoms with van der Waals surface area (Å²) in [6, 6.07) is 3.26. The molecule has 2 aliphatic rings. The summed E-state index contributed by atoms with van der Waals surface area (Å²) in [5.74, 6) is 1.26. The third kappa shape index (κ3) is 5.86. The first-order valence-electron chi connectivity index (χ1n) is 12.1. The molecule has 1 aliphatic carbocycles. The molecule has 0 unspecified atom stereocenters. The lowest BCUT2D eigenvalue weighted by molar-refractivity contribution is -0.122. The molecule has 1 saturated carbocycles. The number of nitrogens with zero attached hydrogens (tertiary/aromatic N) is 4. The van der Waals surface area contributed by atoms with E-state index in [1.807, 2.05) is 4.57 Å². The number of imidazole rings is 1. The number of halogens is 3. The van der Waals surface area contributed by atoms with Crippen LogP contribution in [0.5, 0.6) is 0 Å². The van der Waals surface area contributed by atoms with Crippen molar-refractivity contribution in [3.8, 4) is 0 Å². The van der Waals surface area contributed by atoms with Gasteiger partial charge >= 0.3 is 0 Å². The third-order valence-corrected chi connectivity index (χ3v) is 9.65. The smallest absolute Gasteiger partial charge is 0.224 e. The maximum atomic E-state index is 11.7. The number of hydrogen-bond donors (Lipinski definition) is 5. The third-order valence-electron chi connectivity index (χ3n) is 7.06. The van der Waals surface area contributed by atoms with Crippen molar-refractivity contribution in [1.29, 1.82) is 0 Å². The molecule has 200 valence electrons. The Balaban J connectivity index is 1.49. The van der Waals surface area contributed by atoms with Gasteiger partial charge in [-0.25, -0.2) is 9.97 Å². The average molecular weight is 589 g/mol. The number of benzene rings is 1. The van der Waals surface area contributed by atoms with Gasteiger partial charge in [0.15, 0.2) is 5.65 Å². The van der Waals surface area contributed by atoms with E-state index in [1.165, 1.54) is 0 Å². The molecule has 10 nitrogen and oxygen atoms in total. The second-order valence-corrected chi connectivity index (χ2v) is 13.3. The first-order chi connectivity index (χ1) is 17.6. The molecule has 1 aromatic carbocycles. The molecule has 0 atom stereocenters. The van der Waals surface area contributed by atoms with Gasteiger partial charge < -0.3 is 16.4 Å². The van der Waals surface area contributed by atoms with Gasteiger partial charge in [-0.1, -0.05) is 34.8 Å². The largest absolute Gasteiger partial charge is 0.369 e. The topological polar surface area (TPSA) is 151 Å². The maximum Gasteiger partial charge on any atom is 0.224 e. The van der Waals surface area contributed by atoms with Crippen LogP contribution in [-0.2, 0) is 4.79 Å². The van der Waals surface area contributed by atoms with Crippen molar-refractivity contribution in [1.82, 2.24) is 19.5 Å². The number of primary amides is 1. The number of carbonyl (C=O) groups excluding carboxylic acids is 1. The molecule has 3 aromatic rings. The van der Waals surface area contributed by atoms with Crippen LogP contribution in [0.4, 0.5) is 17.6 Å². The van der Waals surface area contributed by atoms with Crippen LogP contribution in [0, 0.1) is 5.92 Å². The van der Waals surface area contributed by atoms with Gasteiger partial charge in [-0.3, -0.25) is 18.5 Å². The van der Waals surface area contributed by atoms with Gasteiger partial charge in [0.2, 0.25) is 17.8 Å². The Bertz CT molecular complexity index is 1300. The van der Waals surface area contributed by atoms with E-state index in [0.717, 1.165) is 12.8 Å². The van der Waals surface area contributed by atoms with Crippen molar-refractivity contribution in [2.75, 3.05) is 22.1 Å². The van der Waals surface area contributed by atoms with E-state index < -0.39 is 10.6 Å². The number of carbonyl (C=O) groups is 1. The van der Waals surface area contributed by atoms with Crippen LogP contribution in [0.25, 0.3) is 11.2 Å². The van der Waals surface area contributed by atoms with Gasteiger partial charge in [-0.15, -0.1) is 0 Å². The highest BCUT2D eigenvalue weighted by Gasteiger charge is 2.30. The van der Waals surface area contributed by atoms with E-state index in [0.29, 0.717) is 81.0 Å². The number of nitrogens with one attached hydrogen (secondary N) is 2. The molecule has 37 heavy (non-hydrogen) atoms. The van der Waals surface area contributed by atoms with Crippen molar-refractivity contribution in [3.63, 3.8) is 0 Å². The van der Waals surface area contributed by atoms with Crippen molar-refractivity contribution < 1.29 is 13.9 Å². The fourth-order valence-electron chi connectivity index (χ4n) is 5.02. The van der Waals surface area contributed by atoms with E-state index >= 15 is 0 Å². The summed E-state index contributed by atoms with van der Waals surface area (Å²) >= 11 is 19.0. The minimum absolute atomic E-state index is 0.0124. The first kappa shape index (κ1) is 26.6. The monoisotopic (exact) mass is 587 g/mol. The van der Waals surface area contributed by atoms with Crippen molar-refractivity contribution in [2.45, 2.75) is 50.6 Å². The molecule has 1 amide bonds. The van der Waals surface area contributed by atoms with Crippen molar-refractivity contribution in [3.05, 3.63) is 33.4 Å². The molecule has 5 rings (SSSR count). The average Bonchev–Trinajstić information content (AvgIpc) is 3.20. The lowest BCUT2D eigenvalue weighted by Crippen LogP contribution is -2.31. The minimum atomic E-state index is -2.48. The second-order valence-electron chi connectivity index (χ2n) is 9.61. The molecule has 0 bridgehead atoms. The SMILES string of the molecule is NC(=O)C1CCC(n2c(Nc3c(Cl)cc(Cl)cc3Cl)nc3cnc(NC4CCS(O)(O)CC4)nc32)CC1. The highest BCUT2D eigenvalue weighted by atomic mass is 35.5. The van der Waals surface area contributed by atoms with Gasteiger partial charge in [-0.05, 0) is 50.7 Å². The van der Waals surface area contributed by atoms with E-state index in [-0.39, 0.29) is 23.9 Å². The standard InChI is InChI=1S/C23H28Cl3N7O3S/c24-13-9-16(25)19(17(26)10-13)31-23-30-18-11-28-22(29-14-5-7-37(35,36)8-6-14)32-21(18)33(23)15-3-1-12(2-4-15)20(27)34/h9-12,14-15,35-36H,1-8H2,(H2,27,34)(H,30,31)(H,28,29,32). The van der Waals surface area contributed by atoms with Gasteiger partial charge in [0.25, 0.3) is 0 Å². The molecule has 2 aromatic heterocycles. The molecule has 1 saturated heterocycles. The van der Waals surface area contributed by atoms with E-state index in [2.05, 4.69) is 15.6 Å². The Kier molecular flexibility index (Phi) is 7.63. The summed E-state index contributed by atoms with van der Waals surface area (Å²) < 4.78 is 21.8. The van der Waals surface area contributed by atoms with E-state index in [9.17, 15) is 13.9 Å². The molecular weight excluding hydrogens is 561 g/mol. The number of hydrogen-bond acceptors (Lipinski definition) is 8. The second kappa shape index (κ2) is 10.6. The summed E-state index contributed by atoms with van der Waals surface area (Å²) in [6.45, 7) is 0. The van der Waals surface area contributed by atoms with Gasteiger partial charge in [0, 0.05) is 34.5 Å². The van der Waals surface area contributed by atoms with Gasteiger partial charge in [-0.2, -0.15) is 15.6 Å². The molecule has 3 heterocycles. The van der Waals surface area contributed by atoms with Gasteiger partial charge in [0.05, 0.1) is 21.9 Å². The highest BCUT2D eigenvalue weighted by Crippen LogP contribution is 2.44. The van der Waals surface area contributed by atoms with Crippen molar-refractivity contribution in [2.24, 2.45) is 11.7 Å². The summed E-state index contributed by atoms with van der Waals surface area (Å²) in [5, 5.41) is 7.72. The van der Waals surface area contributed by atoms with Crippen LogP contribution in [0.15, 0.2) is 18.3 Å². The summed E-state index contributed by atoms with van der Waals surface area (Å²) in [7, 11) is -2.48. The normalized spacial score (nSPS) is 23.1. The van der Waals surface area contributed by atoms with Crippen LogP contribution < -0.4 is 16.4 Å². The zero-order valence-corrected chi connectivity index (χ0v) is 22.9. The molecule has 2 fully saturated rings. The Morgan fingerprint density at radius 2 is 1.68 bits per heavy atom. The van der Waals surface area contributed by atoms with Crippen molar-refractivity contribution >= 4 is 80.0 Å².